The van der Waals surface area contributed by atoms with E-state index in [2.05, 4.69) is 5.10 Å². The highest BCUT2D eigenvalue weighted by Gasteiger charge is 2.32. The Bertz CT molecular complexity index is 678. The summed E-state index contributed by atoms with van der Waals surface area (Å²) in [5.41, 5.74) is 7.87. The molecule has 1 aromatic heterocycles. The predicted molar refractivity (Wildman–Crippen MR) is 78.1 cm³/mol. The van der Waals surface area contributed by atoms with Crippen LogP contribution in [0.3, 0.4) is 0 Å². The summed E-state index contributed by atoms with van der Waals surface area (Å²) in [6.45, 7) is 4.71. The number of benzene rings is 1. The fraction of sp³-hybridized carbons (Fsp3) is 0.467. The first-order valence-electron chi connectivity index (χ1n) is 7.16. The van der Waals surface area contributed by atoms with Gasteiger partial charge in [0.05, 0.1) is 24.9 Å². The summed E-state index contributed by atoms with van der Waals surface area (Å²) in [5, 5.41) is 5.41. The van der Waals surface area contributed by atoms with E-state index in [9.17, 15) is 4.79 Å². The summed E-state index contributed by atoms with van der Waals surface area (Å²) in [6, 6.07) is 3.84. The maximum absolute atomic E-state index is 11.9. The van der Waals surface area contributed by atoms with Crippen LogP contribution in [-0.4, -0.2) is 34.5 Å². The van der Waals surface area contributed by atoms with Gasteiger partial charge in [-0.1, -0.05) is 0 Å². The maximum Gasteiger partial charge on any atom is 0.347 e. The number of carbonyl (C=O) groups is 1. The Kier molecular flexibility index (Phi) is 3.55. The Morgan fingerprint density at radius 1 is 1.62 bits per heavy atom. The first kappa shape index (κ1) is 13.9. The van der Waals surface area contributed by atoms with Crippen molar-refractivity contribution in [3.05, 3.63) is 23.9 Å². The molecule has 0 bridgehead atoms. The molecule has 2 atom stereocenters. The third kappa shape index (κ3) is 2.47. The van der Waals surface area contributed by atoms with Gasteiger partial charge in [0.25, 0.3) is 0 Å². The zero-order valence-electron chi connectivity index (χ0n) is 12.2. The van der Waals surface area contributed by atoms with Gasteiger partial charge in [-0.05, 0) is 26.0 Å². The topological polar surface area (TPSA) is 79.4 Å². The summed E-state index contributed by atoms with van der Waals surface area (Å²) in [4.78, 5) is 11.9. The van der Waals surface area contributed by atoms with Crippen molar-refractivity contribution in [3.8, 4) is 5.75 Å². The highest BCUT2D eigenvalue weighted by molar-refractivity contribution is 5.87. The zero-order chi connectivity index (χ0) is 15.0. The van der Waals surface area contributed by atoms with Crippen LogP contribution in [0.4, 0.5) is 0 Å². The lowest BCUT2D eigenvalue weighted by Gasteiger charge is -2.08. The van der Waals surface area contributed by atoms with Crippen LogP contribution in [0.5, 0.6) is 5.75 Å². The minimum absolute atomic E-state index is 0.00660. The number of hydrogen-bond acceptors (Lipinski definition) is 5. The molecule has 2 heterocycles. The van der Waals surface area contributed by atoms with Gasteiger partial charge in [-0.25, -0.2) is 4.79 Å². The first-order valence-corrected chi connectivity index (χ1v) is 7.16. The van der Waals surface area contributed by atoms with Gasteiger partial charge in [0, 0.05) is 23.4 Å². The molecule has 112 valence electrons. The summed E-state index contributed by atoms with van der Waals surface area (Å²) < 4.78 is 12.6. The number of aromatic nitrogens is 2. The van der Waals surface area contributed by atoms with Crippen molar-refractivity contribution < 1.29 is 14.3 Å². The van der Waals surface area contributed by atoms with Crippen LogP contribution in [0.2, 0.25) is 0 Å². The number of ether oxygens (including phenoxy) is 2. The van der Waals surface area contributed by atoms with Gasteiger partial charge < -0.3 is 15.2 Å². The predicted octanol–water partition coefficient (Wildman–Crippen LogP) is 1.25. The zero-order valence-corrected chi connectivity index (χ0v) is 12.2. The average Bonchev–Trinajstić information content (AvgIpc) is 3.01. The second-order valence-corrected chi connectivity index (χ2v) is 5.35. The Hall–Kier alpha value is -2.08. The Labute approximate surface area is 122 Å². The van der Waals surface area contributed by atoms with Gasteiger partial charge in [0.2, 0.25) is 0 Å². The number of rotatable bonds is 4. The molecule has 0 aliphatic carbocycles. The van der Waals surface area contributed by atoms with E-state index in [1.807, 2.05) is 29.9 Å². The number of nitrogens with two attached hydrogens (primary N) is 1. The molecule has 2 N–H and O–H groups in total. The fourth-order valence-corrected chi connectivity index (χ4v) is 2.70. The third-order valence-corrected chi connectivity index (χ3v) is 3.53. The fourth-order valence-electron chi connectivity index (χ4n) is 2.70. The van der Waals surface area contributed by atoms with Crippen LogP contribution in [0.25, 0.3) is 10.9 Å². The molecule has 0 fully saturated rings. The van der Waals surface area contributed by atoms with E-state index in [0.29, 0.717) is 19.6 Å². The van der Waals surface area contributed by atoms with E-state index >= 15 is 0 Å². The molecule has 0 radical (unpaired) electrons. The second kappa shape index (κ2) is 5.37. The minimum Gasteiger partial charge on any atom is -0.478 e. The normalized spacial score (nSPS) is 18.3. The number of fused-ring (bicyclic) bond motifs is 3. The average molecular weight is 289 g/mol. The monoisotopic (exact) mass is 289 g/mol. The third-order valence-electron chi connectivity index (χ3n) is 3.53. The highest BCUT2D eigenvalue weighted by Crippen LogP contribution is 2.35. The van der Waals surface area contributed by atoms with Crippen molar-refractivity contribution in [2.75, 3.05) is 6.61 Å². The van der Waals surface area contributed by atoms with Crippen molar-refractivity contribution in [1.29, 1.82) is 0 Å². The van der Waals surface area contributed by atoms with Gasteiger partial charge in [-0.2, -0.15) is 5.10 Å². The molecule has 0 spiro atoms. The van der Waals surface area contributed by atoms with Crippen molar-refractivity contribution in [3.63, 3.8) is 0 Å². The van der Waals surface area contributed by atoms with E-state index < -0.39 is 6.10 Å². The van der Waals surface area contributed by atoms with Crippen LogP contribution < -0.4 is 10.5 Å². The molecule has 0 saturated carbocycles. The molecule has 6 heteroatoms. The summed E-state index contributed by atoms with van der Waals surface area (Å²) >= 11 is 0. The lowest BCUT2D eigenvalue weighted by Crippen LogP contribution is -2.27. The van der Waals surface area contributed by atoms with Crippen molar-refractivity contribution in [1.82, 2.24) is 9.78 Å². The summed E-state index contributed by atoms with van der Waals surface area (Å²) in [7, 11) is 0. The summed E-state index contributed by atoms with van der Waals surface area (Å²) in [6.07, 6.45) is 1.76. The summed E-state index contributed by atoms with van der Waals surface area (Å²) in [5.74, 6) is 0.409. The lowest BCUT2D eigenvalue weighted by atomic mass is 10.1. The van der Waals surface area contributed by atoms with Gasteiger partial charge >= 0.3 is 5.97 Å². The second-order valence-electron chi connectivity index (χ2n) is 5.35. The lowest BCUT2D eigenvalue weighted by molar-refractivity contribution is -0.150. The van der Waals surface area contributed by atoms with Gasteiger partial charge in [0.15, 0.2) is 6.10 Å². The van der Waals surface area contributed by atoms with E-state index in [0.717, 1.165) is 22.2 Å². The molecule has 1 unspecified atom stereocenters. The number of hydrogen-bond donors (Lipinski definition) is 1. The SMILES string of the molecule is CCOC(=O)[C@@H]1Cc2c(ccc3cnn(CC(C)N)c23)O1. The molecular weight excluding hydrogens is 270 g/mol. The molecule has 6 nitrogen and oxygen atoms in total. The van der Waals surface area contributed by atoms with E-state index in [-0.39, 0.29) is 12.0 Å². The molecule has 0 amide bonds. The smallest absolute Gasteiger partial charge is 0.347 e. The molecule has 21 heavy (non-hydrogen) atoms. The number of nitrogens with zero attached hydrogens (tertiary/aromatic N) is 2. The van der Waals surface area contributed by atoms with Gasteiger partial charge in [0.1, 0.15) is 5.75 Å². The number of esters is 1. The van der Waals surface area contributed by atoms with E-state index in [1.165, 1.54) is 0 Å². The van der Waals surface area contributed by atoms with Gasteiger partial charge in [-0.15, -0.1) is 0 Å². The molecule has 3 rings (SSSR count). The van der Waals surface area contributed by atoms with Crippen LogP contribution >= 0.6 is 0 Å². The quantitative estimate of drug-likeness (QED) is 0.857. The van der Waals surface area contributed by atoms with Crippen LogP contribution in [-0.2, 0) is 22.5 Å². The molecular formula is C15H19N3O3. The molecule has 1 aliphatic rings. The first-order chi connectivity index (χ1) is 10.1. The molecule has 2 aromatic rings. The molecule has 1 aliphatic heterocycles. The Morgan fingerprint density at radius 2 is 2.43 bits per heavy atom. The van der Waals surface area contributed by atoms with E-state index in [4.69, 9.17) is 15.2 Å². The van der Waals surface area contributed by atoms with E-state index in [1.54, 1.807) is 6.92 Å². The minimum atomic E-state index is -0.566. The van der Waals surface area contributed by atoms with Gasteiger partial charge in [-0.3, -0.25) is 4.68 Å². The van der Waals surface area contributed by atoms with Crippen molar-refractivity contribution in [2.45, 2.75) is 39.0 Å². The van der Waals surface area contributed by atoms with Crippen LogP contribution in [0, 0.1) is 0 Å². The highest BCUT2D eigenvalue weighted by atomic mass is 16.6. The molecule has 1 aromatic carbocycles. The standard InChI is InChI=1S/C15H19N3O3/c1-3-20-15(19)13-6-11-12(21-13)5-4-10-7-17-18(14(10)11)8-9(2)16/h4-5,7,9,13H,3,6,8,16H2,1-2H3/t9?,13-/m0/s1. The number of carbonyl (C=O) groups excluding carboxylic acids is 1. The van der Waals surface area contributed by atoms with Crippen molar-refractivity contribution >= 4 is 16.9 Å². The Morgan fingerprint density at radius 3 is 3.14 bits per heavy atom. The molecule has 0 saturated heterocycles. The maximum atomic E-state index is 11.9. The van der Waals surface area contributed by atoms with Crippen LogP contribution in [0.1, 0.15) is 19.4 Å². The Balaban J connectivity index is 1.97. The van der Waals surface area contributed by atoms with Crippen molar-refractivity contribution in [2.24, 2.45) is 5.73 Å². The van der Waals surface area contributed by atoms with Crippen LogP contribution in [0.15, 0.2) is 18.3 Å². The largest absolute Gasteiger partial charge is 0.478 e.